The van der Waals surface area contributed by atoms with E-state index in [1.165, 1.54) is 5.56 Å². The van der Waals surface area contributed by atoms with Crippen LogP contribution in [0, 0.1) is 0 Å². The molecule has 0 spiro atoms. The first kappa shape index (κ1) is 11.1. The van der Waals surface area contributed by atoms with Crippen LogP contribution in [-0.4, -0.2) is 23.3 Å². The lowest BCUT2D eigenvalue weighted by Crippen LogP contribution is -2.50. The molecular formula is C13H16O3. The fourth-order valence-corrected chi connectivity index (χ4v) is 2.15. The molecule has 3 nitrogen and oxygen atoms in total. The Bertz CT molecular complexity index is 366. The summed E-state index contributed by atoms with van der Waals surface area (Å²) in [6, 6.07) is 9.94. The molecular weight excluding hydrogens is 204 g/mol. The molecule has 0 aliphatic heterocycles. The van der Waals surface area contributed by atoms with Crippen molar-refractivity contribution in [3.8, 4) is 0 Å². The van der Waals surface area contributed by atoms with Gasteiger partial charge in [-0.1, -0.05) is 30.3 Å². The van der Waals surface area contributed by atoms with Gasteiger partial charge in [-0.2, -0.15) is 0 Å². The second-order valence-electron chi connectivity index (χ2n) is 4.27. The molecule has 1 aromatic carbocycles. The summed E-state index contributed by atoms with van der Waals surface area (Å²) in [6.07, 6.45) is 0.936. The molecule has 0 heterocycles. The van der Waals surface area contributed by atoms with E-state index in [-0.39, 0.29) is 5.92 Å². The third-order valence-corrected chi connectivity index (χ3v) is 3.09. The minimum atomic E-state index is -1.25. The molecule has 1 N–H and O–H groups in total. The van der Waals surface area contributed by atoms with Gasteiger partial charge >= 0.3 is 5.97 Å². The molecule has 0 bridgehead atoms. The second-order valence-corrected chi connectivity index (χ2v) is 4.27. The van der Waals surface area contributed by atoms with Crippen LogP contribution in [0.1, 0.15) is 31.2 Å². The van der Waals surface area contributed by atoms with Gasteiger partial charge in [0.2, 0.25) is 0 Å². The highest BCUT2D eigenvalue weighted by atomic mass is 16.5. The van der Waals surface area contributed by atoms with Gasteiger partial charge in [-0.3, -0.25) is 0 Å². The van der Waals surface area contributed by atoms with Crippen molar-refractivity contribution in [1.82, 2.24) is 0 Å². The molecule has 86 valence electrons. The zero-order valence-electron chi connectivity index (χ0n) is 9.35. The van der Waals surface area contributed by atoms with Crippen molar-refractivity contribution in [2.75, 3.05) is 6.61 Å². The number of hydrogen-bond acceptors (Lipinski definition) is 3. The number of carbonyl (C=O) groups excluding carboxylic acids is 1. The van der Waals surface area contributed by atoms with Gasteiger partial charge in [-0.25, -0.2) is 4.79 Å². The predicted molar refractivity (Wildman–Crippen MR) is 60.0 cm³/mol. The lowest BCUT2D eigenvalue weighted by molar-refractivity contribution is -0.176. The van der Waals surface area contributed by atoms with E-state index in [2.05, 4.69) is 0 Å². The number of esters is 1. The smallest absolute Gasteiger partial charge is 0.338 e. The fraction of sp³-hybridized carbons (Fsp3) is 0.462. The SMILES string of the molecule is CCOC(=O)C1(O)CC(c2ccccc2)C1. The van der Waals surface area contributed by atoms with Crippen molar-refractivity contribution in [3.05, 3.63) is 35.9 Å². The topological polar surface area (TPSA) is 46.5 Å². The van der Waals surface area contributed by atoms with Crippen LogP contribution in [0.15, 0.2) is 30.3 Å². The molecule has 0 saturated heterocycles. The Morgan fingerprint density at radius 2 is 2.06 bits per heavy atom. The third-order valence-electron chi connectivity index (χ3n) is 3.09. The highest BCUT2D eigenvalue weighted by molar-refractivity contribution is 5.81. The highest BCUT2D eigenvalue weighted by Crippen LogP contribution is 2.45. The van der Waals surface area contributed by atoms with Crippen molar-refractivity contribution in [3.63, 3.8) is 0 Å². The second kappa shape index (κ2) is 4.26. The van der Waals surface area contributed by atoms with Crippen LogP contribution in [0.25, 0.3) is 0 Å². The molecule has 0 radical (unpaired) electrons. The summed E-state index contributed by atoms with van der Waals surface area (Å²) in [4.78, 5) is 11.5. The maximum absolute atomic E-state index is 11.5. The standard InChI is InChI=1S/C13H16O3/c1-2-16-12(14)13(15)8-11(9-13)10-6-4-3-5-7-10/h3-7,11,15H,2,8-9H2,1H3. The van der Waals surface area contributed by atoms with Gasteiger partial charge in [0.15, 0.2) is 5.60 Å². The molecule has 1 aliphatic carbocycles. The van der Waals surface area contributed by atoms with Crippen LogP contribution in [-0.2, 0) is 9.53 Å². The molecule has 2 rings (SSSR count). The molecule has 3 heteroatoms. The summed E-state index contributed by atoms with van der Waals surface area (Å²) >= 11 is 0. The van der Waals surface area contributed by atoms with E-state index < -0.39 is 11.6 Å². The summed E-state index contributed by atoms with van der Waals surface area (Å²) in [6.45, 7) is 2.06. The number of ether oxygens (including phenoxy) is 1. The maximum Gasteiger partial charge on any atom is 0.338 e. The number of benzene rings is 1. The molecule has 1 aliphatic rings. The van der Waals surface area contributed by atoms with Crippen molar-refractivity contribution >= 4 is 5.97 Å². The van der Waals surface area contributed by atoms with Crippen LogP contribution >= 0.6 is 0 Å². The zero-order chi connectivity index (χ0) is 11.6. The fourth-order valence-electron chi connectivity index (χ4n) is 2.15. The Kier molecular flexibility index (Phi) is 2.97. The number of hydrogen-bond donors (Lipinski definition) is 1. The van der Waals surface area contributed by atoms with Gasteiger partial charge < -0.3 is 9.84 Å². The van der Waals surface area contributed by atoms with Crippen molar-refractivity contribution in [1.29, 1.82) is 0 Å². The number of rotatable bonds is 3. The monoisotopic (exact) mass is 220 g/mol. The Morgan fingerprint density at radius 1 is 1.44 bits per heavy atom. The van der Waals surface area contributed by atoms with E-state index in [0.717, 1.165) is 0 Å². The van der Waals surface area contributed by atoms with Crippen molar-refractivity contribution < 1.29 is 14.6 Å². The lowest BCUT2D eigenvalue weighted by Gasteiger charge is -2.41. The van der Waals surface area contributed by atoms with Crippen LogP contribution in [0.5, 0.6) is 0 Å². The van der Waals surface area contributed by atoms with Gasteiger partial charge in [0, 0.05) is 0 Å². The van der Waals surface area contributed by atoms with E-state index in [4.69, 9.17) is 4.74 Å². The van der Waals surface area contributed by atoms with Crippen LogP contribution in [0.4, 0.5) is 0 Å². The summed E-state index contributed by atoms with van der Waals surface area (Å²) < 4.78 is 4.84. The first-order chi connectivity index (χ1) is 7.65. The molecule has 1 fully saturated rings. The molecule has 16 heavy (non-hydrogen) atoms. The summed E-state index contributed by atoms with van der Waals surface area (Å²) in [5.41, 5.74) is -0.0762. The van der Waals surface area contributed by atoms with Crippen LogP contribution in [0.3, 0.4) is 0 Å². The van der Waals surface area contributed by atoms with E-state index in [9.17, 15) is 9.90 Å². The molecule has 0 atom stereocenters. The van der Waals surface area contributed by atoms with Crippen molar-refractivity contribution in [2.45, 2.75) is 31.3 Å². The van der Waals surface area contributed by atoms with E-state index in [1.807, 2.05) is 30.3 Å². The maximum atomic E-state index is 11.5. The summed E-state index contributed by atoms with van der Waals surface area (Å²) in [5.74, 6) is -0.210. The Balaban J connectivity index is 1.97. The zero-order valence-corrected chi connectivity index (χ0v) is 9.35. The minimum absolute atomic E-state index is 0.274. The first-order valence-corrected chi connectivity index (χ1v) is 5.60. The Labute approximate surface area is 95.0 Å². The van der Waals surface area contributed by atoms with Crippen molar-refractivity contribution in [2.24, 2.45) is 0 Å². The third kappa shape index (κ3) is 1.95. The number of aliphatic hydroxyl groups is 1. The lowest BCUT2D eigenvalue weighted by atomic mass is 9.68. The predicted octanol–water partition coefficient (Wildman–Crippen LogP) is 1.86. The van der Waals surface area contributed by atoms with Gasteiger partial charge in [0.25, 0.3) is 0 Å². The molecule has 0 amide bonds. The minimum Gasteiger partial charge on any atom is -0.464 e. The van der Waals surface area contributed by atoms with E-state index >= 15 is 0 Å². The largest absolute Gasteiger partial charge is 0.464 e. The summed E-state index contributed by atoms with van der Waals surface area (Å²) in [5, 5.41) is 9.97. The Morgan fingerprint density at radius 3 is 2.62 bits per heavy atom. The van der Waals surface area contributed by atoms with Gasteiger partial charge in [0.05, 0.1) is 6.61 Å². The van der Waals surface area contributed by atoms with Gasteiger partial charge in [0.1, 0.15) is 0 Å². The first-order valence-electron chi connectivity index (χ1n) is 5.60. The Hall–Kier alpha value is -1.35. The normalized spacial score (nSPS) is 28.2. The molecule has 1 saturated carbocycles. The molecule has 1 aromatic rings. The van der Waals surface area contributed by atoms with E-state index in [0.29, 0.717) is 19.4 Å². The average molecular weight is 220 g/mol. The molecule has 0 aromatic heterocycles. The molecule has 0 unspecified atom stereocenters. The van der Waals surface area contributed by atoms with E-state index in [1.54, 1.807) is 6.92 Å². The number of carbonyl (C=O) groups is 1. The quantitative estimate of drug-likeness (QED) is 0.791. The average Bonchev–Trinajstić information content (AvgIpc) is 2.26. The van der Waals surface area contributed by atoms with Gasteiger partial charge in [-0.15, -0.1) is 0 Å². The highest BCUT2D eigenvalue weighted by Gasteiger charge is 2.50. The van der Waals surface area contributed by atoms with Gasteiger partial charge in [-0.05, 0) is 31.2 Å². The van der Waals surface area contributed by atoms with Crippen LogP contribution < -0.4 is 0 Å². The van der Waals surface area contributed by atoms with Crippen LogP contribution in [0.2, 0.25) is 0 Å². The summed E-state index contributed by atoms with van der Waals surface area (Å²) in [7, 11) is 0.